The van der Waals surface area contributed by atoms with Gasteiger partial charge in [0.25, 0.3) is 17.4 Å². The van der Waals surface area contributed by atoms with Gasteiger partial charge in [0.2, 0.25) is 0 Å². The van der Waals surface area contributed by atoms with E-state index in [0.29, 0.717) is 32.7 Å². The maximum absolute atomic E-state index is 13.8. The van der Waals surface area contributed by atoms with Crippen LogP contribution in [0.3, 0.4) is 0 Å². The number of benzene rings is 1. The summed E-state index contributed by atoms with van der Waals surface area (Å²) in [4.78, 5) is 43.3. The lowest BCUT2D eigenvalue weighted by molar-refractivity contribution is -0.170. The number of hydrogen-bond acceptors (Lipinski definition) is 5. The number of pyridine rings is 1. The number of rotatable bonds is 2. The quantitative estimate of drug-likeness (QED) is 0.659. The monoisotopic (exact) mass is 481 g/mol. The molecule has 2 aliphatic heterocycles. The number of morpholine rings is 1. The number of nitrogens with zero attached hydrogens (tertiary/aromatic N) is 3. The van der Waals surface area contributed by atoms with Crippen molar-refractivity contribution in [1.29, 1.82) is 0 Å². The molecule has 3 heterocycles. The third-order valence-electron chi connectivity index (χ3n) is 7.19. The van der Waals surface area contributed by atoms with Crippen LogP contribution in [-0.2, 0) is 23.0 Å². The number of para-hydroxylation sites is 1. The predicted molar refractivity (Wildman–Crippen MR) is 133 cm³/mol. The van der Waals surface area contributed by atoms with E-state index in [1.54, 1.807) is 29.0 Å². The van der Waals surface area contributed by atoms with E-state index in [4.69, 9.17) is 9.47 Å². The third-order valence-corrected chi connectivity index (χ3v) is 7.19. The average Bonchev–Trinajstić information content (AvgIpc) is 2.87. The van der Waals surface area contributed by atoms with Crippen LogP contribution in [-0.4, -0.2) is 71.2 Å². The molecule has 8 heteroatoms. The van der Waals surface area contributed by atoms with Gasteiger partial charge in [-0.3, -0.25) is 14.4 Å². The van der Waals surface area contributed by atoms with E-state index in [-0.39, 0.29) is 36.1 Å². The zero-order valence-corrected chi connectivity index (χ0v) is 20.9. The van der Waals surface area contributed by atoms with Gasteiger partial charge in [0.15, 0.2) is 5.60 Å². The fraction of sp³-hybridized carbons (Fsp3) is 0.519. The minimum absolute atomic E-state index is 0.119. The molecule has 2 aromatic rings. The molecular formula is C27H35N3O5. The van der Waals surface area contributed by atoms with Crippen molar-refractivity contribution < 1.29 is 19.1 Å². The molecule has 1 saturated heterocycles. The Balaban J connectivity index is 1.60. The maximum Gasteiger partial charge on any atom is 0.263 e. The van der Waals surface area contributed by atoms with Crippen LogP contribution in [0.5, 0.6) is 5.75 Å². The maximum atomic E-state index is 13.8. The van der Waals surface area contributed by atoms with Crippen LogP contribution in [0.15, 0.2) is 41.2 Å². The van der Waals surface area contributed by atoms with Crippen molar-refractivity contribution >= 4 is 11.8 Å². The van der Waals surface area contributed by atoms with Crippen LogP contribution < -0.4 is 10.3 Å². The molecule has 0 N–H and O–H groups in total. The van der Waals surface area contributed by atoms with E-state index in [0.717, 1.165) is 36.3 Å². The van der Waals surface area contributed by atoms with E-state index in [2.05, 4.69) is 6.07 Å². The van der Waals surface area contributed by atoms with Crippen LogP contribution in [0, 0.1) is 6.92 Å². The van der Waals surface area contributed by atoms with Gasteiger partial charge in [-0.2, -0.15) is 0 Å². The normalized spacial score (nSPS) is 21.6. The molecule has 0 saturated carbocycles. The lowest BCUT2D eigenvalue weighted by Gasteiger charge is -2.44. The second-order valence-electron chi connectivity index (χ2n) is 9.37. The van der Waals surface area contributed by atoms with E-state index in [1.165, 1.54) is 4.57 Å². The Morgan fingerprint density at radius 2 is 1.86 bits per heavy atom. The van der Waals surface area contributed by atoms with Gasteiger partial charge >= 0.3 is 0 Å². The third kappa shape index (κ3) is 5.12. The van der Waals surface area contributed by atoms with Gasteiger partial charge in [0.05, 0.1) is 19.7 Å². The molecule has 1 aromatic heterocycles. The molecule has 8 nitrogen and oxygen atoms in total. The van der Waals surface area contributed by atoms with Gasteiger partial charge in [0, 0.05) is 25.8 Å². The summed E-state index contributed by atoms with van der Waals surface area (Å²) in [6, 6.07) is 11.4. The lowest BCUT2D eigenvalue weighted by Crippen LogP contribution is -2.62. The fourth-order valence-electron chi connectivity index (χ4n) is 4.94. The van der Waals surface area contributed by atoms with Crippen molar-refractivity contribution in [2.45, 2.75) is 45.1 Å². The second kappa shape index (κ2) is 10.6. The van der Waals surface area contributed by atoms with Crippen LogP contribution in [0.2, 0.25) is 0 Å². The molecule has 1 fully saturated rings. The van der Waals surface area contributed by atoms with Crippen LogP contribution in [0.4, 0.5) is 0 Å². The first-order valence-electron chi connectivity index (χ1n) is 12.5. The predicted octanol–water partition coefficient (Wildman–Crippen LogP) is 2.56. The molecule has 2 aliphatic rings. The summed E-state index contributed by atoms with van der Waals surface area (Å²) in [5.74, 6) is 0.399. The fourth-order valence-corrected chi connectivity index (χ4v) is 4.94. The zero-order valence-electron chi connectivity index (χ0n) is 20.9. The Hall–Kier alpha value is -3.13. The summed E-state index contributed by atoms with van der Waals surface area (Å²) in [6.45, 7) is 5.82. The largest absolute Gasteiger partial charge is 0.491 e. The number of hydrogen-bond donors (Lipinski definition) is 0. The SMILES string of the molecule is CCN1CCOc2ccccc2CCCCC2(CN(C(=O)c3ccc(C)n(C)c3=O)CCO2)C1=O. The summed E-state index contributed by atoms with van der Waals surface area (Å²) in [5.41, 5.74) is 0.605. The smallest absolute Gasteiger partial charge is 0.263 e. The molecule has 4 rings (SSSR count). The van der Waals surface area contributed by atoms with E-state index in [1.807, 2.05) is 32.0 Å². The Morgan fingerprint density at radius 3 is 2.66 bits per heavy atom. The van der Waals surface area contributed by atoms with Crippen molar-refractivity contribution in [3.8, 4) is 5.75 Å². The molecule has 1 aromatic carbocycles. The molecule has 0 bridgehead atoms. The molecule has 1 unspecified atom stereocenters. The Bertz CT molecular complexity index is 1140. The zero-order chi connectivity index (χ0) is 25.0. The minimum Gasteiger partial charge on any atom is -0.491 e. The van der Waals surface area contributed by atoms with Crippen LogP contribution in [0.25, 0.3) is 0 Å². The number of fused-ring (bicyclic) bond motifs is 1. The summed E-state index contributed by atoms with van der Waals surface area (Å²) in [6.07, 6.45) is 3.00. The average molecular weight is 482 g/mol. The molecule has 2 amide bonds. The summed E-state index contributed by atoms with van der Waals surface area (Å²) < 4.78 is 13.7. The number of likely N-dealkylation sites (N-methyl/N-ethyl adjacent to an activating group) is 1. The Morgan fingerprint density at radius 1 is 1.06 bits per heavy atom. The van der Waals surface area contributed by atoms with Gasteiger partial charge in [-0.15, -0.1) is 0 Å². The number of carbonyl (C=O) groups is 2. The second-order valence-corrected chi connectivity index (χ2v) is 9.37. The van der Waals surface area contributed by atoms with Crippen molar-refractivity contribution in [2.75, 3.05) is 39.4 Å². The van der Waals surface area contributed by atoms with Gasteiger partial charge in [-0.25, -0.2) is 0 Å². The number of amides is 2. The topological polar surface area (TPSA) is 81.1 Å². The summed E-state index contributed by atoms with van der Waals surface area (Å²) in [5, 5.41) is 0. The van der Waals surface area contributed by atoms with Crippen molar-refractivity contribution in [3.05, 3.63) is 63.6 Å². The van der Waals surface area contributed by atoms with Crippen molar-refractivity contribution in [1.82, 2.24) is 14.4 Å². The first-order chi connectivity index (χ1) is 16.9. The van der Waals surface area contributed by atoms with Crippen LogP contribution in [0.1, 0.15) is 47.8 Å². The molecule has 1 spiro atoms. The molecule has 188 valence electrons. The highest BCUT2D eigenvalue weighted by molar-refractivity contribution is 5.95. The van der Waals surface area contributed by atoms with Crippen LogP contribution >= 0.6 is 0 Å². The molecule has 35 heavy (non-hydrogen) atoms. The molecule has 0 aliphatic carbocycles. The van der Waals surface area contributed by atoms with Gasteiger partial charge < -0.3 is 23.8 Å². The summed E-state index contributed by atoms with van der Waals surface area (Å²) in [7, 11) is 1.66. The number of aryl methyl sites for hydroxylation is 2. The highest BCUT2D eigenvalue weighted by atomic mass is 16.5. The standard InChI is InChI=1S/C27H35N3O5/c1-4-29-15-17-34-23-11-6-5-9-21(23)10-7-8-14-27(26(29)33)19-30(16-18-35-27)25(32)22-13-12-20(2)28(3)24(22)31/h5-6,9,11-13H,4,7-8,10,14-19H2,1-3H3. The Kier molecular flexibility index (Phi) is 7.60. The first-order valence-corrected chi connectivity index (χ1v) is 12.5. The number of aromatic nitrogens is 1. The Labute approximate surface area is 206 Å². The number of carbonyl (C=O) groups excluding carboxylic acids is 2. The molecular weight excluding hydrogens is 446 g/mol. The minimum atomic E-state index is -1.13. The van der Waals surface area contributed by atoms with Gasteiger partial charge in [0.1, 0.15) is 17.9 Å². The highest BCUT2D eigenvalue weighted by Crippen LogP contribution is 2.30. The first kappa shape index (κ1) is 25.0. The van der Waals surface area contributed by atoms with E-state index >= 15 is 0 Å². The highest BCUT2D eigenvalue weighted by Gasteiger charge is 2.46. The summed E-state index contributed by atoms with van der Waals surface area (Å²) >= 11 is 0. The van der Waals surface area contributed by atoms with E-state index < -0.39 is 5.60 Å². The van der Waals surface area contributed by atoms with Crippen molar-refractivity contribution in [3.63, 3.8) is 0 Å². The van der Waals surface area contributed by atoms with Gasteiger partial charge in [-0.1, -0.05) is 18.2 Å². The van der Waals surface area contributed by atoms with Gasteiger partial charge in [-0.05, 0) is 63.3 Å². The van der Waals surface area contributed by atoms with Crippen molar-refractivity contribution in [2.24, 2.45) is 7.05 Å². The van der Waals surface area contributed by atoms with E-state index in [9.17, 15) is 14.4 Å². The molecule has 1 atom stereocenters. The lowest BCUT2D eigenvalue weighted by atomic mass is 9.90. The molecule has 0 radical (unpaired) electrons. The number of ether oxygens (including phenoxy) is 2.